The van der Waals surface area contributed by atoms with Crippen LogP contribution in [0.4, 0.5) is 5.69 Å². The first-order chi connectivity index (χ1) is 14.6. The maximum atomic E-state index is 12.5. The van der Waals surface area contributed by atoms with Gasteiger partial charge in [-0.25, -0.2) is 0 Å². The molecule has 0 fully saturated rings. The summed E-state index contributed by atoms with van der Waals surface area (Å²) < 4.78 is 0. The highest BCUT2D eigenvalue weighted by Crippen LogP contribution is 2.20. The van der Waals surface area contributed by atoms with E-state index in [2.05, 4.69) is 15.6 Å². The van der Waals surface area contributed by atoms with Gasteiger partial charge in [0.05, 0.1) is 17.9 Å². The lowest BCUT2D eigenvalue weighted by Gasteiger charge is -2.14. The van der Waals surface area contributed by atoms with Crippen LogP contribution in [0, 0.1) is 0 Å². The molecule has 0 heterocycles. The van der Waals surface area contributed by atoms with Crippen molar-refractivity contribution in [3.05, 3.63) is 102 Å². The average molecular weight is 401 g/mol. The third-order valence-electron chi connectivity index (χ3n) is 4.33. The number of rotatable bonds is 9. The molecule has 0 atom stereocenters. The molecule has 0 spiro atoms. The summed E-state index contributed by atoms with van der Waals surface area (Å²) in [5.74, 6) is -1.21. The molecule has 30 heavy (non-hydrogen) atoms. The first-order valence-corrected chi connectivity index (χ1v) is 9.59. The Morgan fingerprint density at radius 3 is 2.17 bits per heavy atom. The molecular weight excluding hydrogens is 378 g/mol. The van der Waals surface area contributed by atoms with Crippen molar-refractivity contribution in [2.24, 2.45) is 4.99 Å². The van der Waals surface area contributed by atoms with Crippen molar-refractivity contribution in [1.29, 1.82) is 0 Å². The number of carboxylic acid groups (broad SMARTS) is 1. The van der Waals surface area contributed by atoms with Crippen LogP contribution in [-0.4, -0.2) is 35.8 Å². The maximum Gasteiger partial charge on any atom is 0.325 e. The zero-order valence-corrected chi connectivity index (χ0v) is 16.4. The Balaban J connectivity index is 1.75. The number of carbonyl (C=O) groups is 2. The Kier molecular flexibility index (Phi) is 7.46. The van der Waals surface area contributed by atoms with Gasteiger partial charge in [-0.1, -0.05) is 78.9 Å². The number of carboxylic acids is 1. The topological polar surface area (TPSA) is 90.8 Å². The summed E-state index contributed by atoms with van der Waals surface area (Å²) in [5, 5.41) is 15.1. The lowest BCUT2D eigenvalue weighted by Crippen LogP contribution is -2.28. The molecule has 0 unspecified atom stereocenters. The predicted octanol–water partition coefficient (Wildman–Crippen LogP) is 3.34. The molecule has 6 nitrogen and oxygen atoms in total. The molecule has 3 N–H and O–H groups in total. The number of hydrogen-bond donors (Lipinski definition) is 3. The van der Waals surface area contributed by atoms with Crippen LogP contribution in [0.1, 0.15) is 16.7 Å². The maximum absolute atomic E-state index is 12.5. The minimum absolute atomic E-state index is 0.149. The second kappa shape index (κ2) is 10.7. The fourth-order valence-corrected chi connectivity index (χ4v) is 2.98. The van der Waals surface area contributed by atoms with Crippen molar-refractivity contribution < 1.29 is 14.7 Å². The van der Waals surface area contributed by atoms with Crippen LogP contribution >= 0.6 is 0 Å². The van der Waals surface area contributed by atoms with Crippen molar-refractivity contribution in [2.75, 3.05) is 18.4 Å². The van der Waals surface area contributed by atoms with Gasteiger partial charge in [0.2, 0.25) is 5.91 Å². The van der Waals surface area contributed by atoms with Crippen molar-refractivity contribution in [1.82, 2.24) is 5.32 Å². The molecule has 0 saturated heterocycles. The quantitative estimate of drug-likeness (QED) is 0.480. The van der Waals surface area contributed by atoms with Crippen molar-refractivity contribution in [3.8, 4) is 0 Å². The van der Waals surface area contributed by atoms with Crippen LogP contribution < -0.4 is 10.6 Å². The monoisotopic (exact) mass is 401 g/mol. The number of aliphatic imine (C=N–C) groups is 1. The number of benzene rings is 3. The third-order valence-corrected chi connectivity index (χ3v) is 4.33. The Labute approximate surface area is 175 Å². The van der Waals surface area contributed by atoms with Gasteiger partial charge in [-0.15, -0.1) is 0 Å². The van der Waals surface area contributed by atoms with E-state index in [1.807, 2.05) is 78.9 Å². The molecule has 0 saturated carbocycles. The van der Waals surface area contributed by atoms with E-state index in [0.29, 0.717) is 23.5 Å². The normalized spacial score (nSPS) is 11.1. The number of aliphatic carboxylic acids is 1. The lowest BCUT2D eigenvalue weighted by atomic mass is 10.0. The van der Waals surface area contributed by atoms with Crippen LogP contribution in [0.2, 0.25) is 0 Å². The lowest BCUT2D eigenvalue weighted by molar-refractivity contribution is -0.135. The fraction of sp³-hybridized carbons (Fsp3) is 0.125. The first-order valence-electron chi connectivity index (χ1n) is 9.59. The number of nitrogens with one attached hydrogen (secondary N) is 2. The molecule has 3 aromatic rings. The molecule has 3 rings (SSSR count). The summed E-state index contributed by atoms with van der Waals surface area (Å²) >= 11 is 0. The van der Waals surface area contributed by atoms with Crippen molar-refractivity contribution in [3.63, 3.8) is 0 Å². The van der Waals surface area contributed by atoms with E-state index in [0.717, 1.165) is 11.1 Å². The van der Waals surface area contributed by atoms with Crippen LogP contribution in [0.3, 0.4) is 0 Å². The van der Waals surface area contributed by atoms with Crippen LogP contribution in [-0.2, 0) is 16.1 Å². The van der Waals surface area contributed by atoms with E-state index in [1.54, 1.807) is 6.07 Å². The van der Waals surface area contributed by atoms with Crippen LogP contribution in [0.5, 0.6) is 0 Å². The minimum atomic E-state index is -1.02. The summed E-state index contributed by atoms with van der Waals surface area (Å²) in [6.07, 6.45) is 0. The summed E-state index contributed by atoms with van der Waals surface area (Å²) in [6.45, 7) is 0.381. The molecule has 0 bridgehead atoms. The highest BCUT2D eigenvalue weighted by atomic mass is 16.4. The Hall–Kier alpha value is -3.77. The molecule has 152 valence electrons. The van der Waals surface area contributed by atoms with Gasteiger partial charge in [-0.05, 0) is 11.6 Å². The number of hydrogen-bond acceptors (Lipinski definition) is 4. The van der Waals surface area contributed by atoms with E-state index in [-0.39, 0.29) is 19.0 Å². The largest absolute Gasteiger partial charge is 0.480 e. The highest BCUT2D eigenvalue weighted by Gasteiger charge is 2.14. The molecule has 0 aliphatic heterocycles. The standard InChI is InChI=1S/C24H23N3O3/c28-22(16-25-15-18-9-3-1-4-10-18)27-21-14-8-7-13-20(21)24(26-17-23(29)30)19-11-5-2-6-12-19/h1-14,25H,15-17H2,(H,27,28)(H,29,30). The van der Waals surface area contributed by atoms with Gasteiger partial charge in [-0.2, -0.15) is 0 Å². The SMILES string of the molecule is O=C(O)CN=C(c1ccccc1)c1ccccc1NC(=O)CNCc1ccccc1. The minimum Gasteiger partial charge on any atom is -0.480 e. The number of carbonyl (C=O) groups excluding carboxylic acids is 1. The molecule has 6 heteroatoms. The second-order valence-corrected chi connectivity index (χ2v) is 6.61. The van der Waals surface area contributed by atoms with Gasteiger partial charge in [0, 0.05) is 17.7 Å². The smallest absolute Gasteiger partial charge is 0.325 e. The number of nitrogens with zero attached hydrogens (tertiary/aromatic N) is 1. The van der Waals surface area contributed by atoms with Crippen LogP contribution in [0.15, 0.2) is 89.9 Å². The summed E-state index contributed by atoms with van der Waals surface area (Å²) in [6, 6.07) is 26.4. The van der Waals surface area contributed by atoms with E-state index in [1.165, 1.54) is 0 Å². The zero-order chi connectivity index (χ0) is 21.2. The Bertz CT molecular complexity index is 1020. The molecule has 1 amide bonds. The van der Waals surface area contributed by atoms with Gasteiger partial charge in [0.25, 0.3) is 0 Å². The summed E-state index contributed by atoms with van der Waals surface area (Å²) in [5.41, 5.74) is 3.64. The van der Waals surface area contributed by atoms with E-state index < -0.39 is 5.97 Å². The van der Waals surface area contributed by atoms with Gasteiger partial charge in [-0.3, -0.25) is 14.6 Å². The third kappa shape index (κ3) is 6.12. The number of anilines is 1. The van der Waals surface area contributed by atoms with Crippen LogP contribution in [0.25, 0.3) is 0 Å². The number of amides is 1. The van der Waals surface area contributed by atoms with Gasteiger partial charge in [0.1, 0.15) is 6.54 Å². The number of para-hydroxylation sites is 1. The second-order valence-electron chi connectivity index (χ2n) is 6.61. The Morgan fingerprint density at radius 2 is 1.47 bits per heavy atom. The predicted molar refractivity (Wildman–Crippen MR) is 118 cm³/mol. The molecule has 0 aliphatic rings. The molecule has 0 radical (unpaired) electrons. The average Bonchev–Trinajstić information content (AvgIpc) is 2.76. The van der Waals surface area contributed by atoms with Gasteiger partial charge >= 0.3 is 5.97 Å². The summed E-state index contributed by atoms with van der Waals surface area (Å²) in [7, 11) is 0. The molecule has 0 aliphatic carbocycles. The van der Waals surface area contributed by atoms with Gasteiger partial charge < -0.3 is 15.7 Å². The Morgan fingerprint density at radius 1 is 0.833 bits per heavy atom. The zero-order valence-electron chi connectivity index (χ0n) is 16.4. The summed E-state index contributed by atoms with van der Waals surface area (Å²) in [4.78, 5) is 27.8. The fourth-order valence-electron chi connectivity index (χ4n) is 2.98. The van der Waals surface area contributed by atoms with E-state index in [4.69, 9.17) is 5.11 Å². The first kappa shape index (κ1) is 21.0. The highest BCUT2D eigenvalue weighted by molar-refractivity contribution is 6.17. The van der Waals surface area contributed by atoms with E-state index in [9.17, 15) is 9.59 Å². The molecule has 0 aromatic heterocycles. The van der Waals surface area contributed by atoms with Crippen molar-refractivity contribution in [2.45, 2.75) is 6.54 Å². The molecular formula is C24H23N3O3. The molecule has 3 aromatic carbocycles. The van der Waals surface area contributed by atoms with E-state index >= 15 is 0 Å². The van der Waals surface area contributed by atoms with Crippen molar-refractivity contribution >= 4 is 23.3 Å². The van der Waals surface area contributed by atoms with Gasteiger partial charge in [0.15, 0.2) is 0 Å².